The molecule has 0 bridgehead atoms. The summed E-state index contributed by atoms with van der Waals surface area (Å²) < 4.78 is 6.79. The number of benzene rings is 1. The van der Waals surface area contributed by atoms with Crippen LogP contribution in [0.15, 0.2) is 59.9 Å². The summed E-state index contributed by atoms with van der Waals surface area (Å²) in [7, 11) is 0. The molecule has 7 nitrogen and oxygen atoms in total. The third kappa shape index (κ3) is 4.53. The number of esters is 1. The molecule has 0 aliphatic rings. The zero-order valence-corrected chi connectivity index (χ0v) is 15.4. The summed E-state index contributed by atoms with van der Waals surface area (Å²) >= 11 is 1.39. The minimum Gasteiger partial charge on any atom is -0.451 e. The Morgan fingerprint density at radius 3 is 2.56 bits per heavy atom. The standard InChI is InChI=1S/C19H17N3O4S/c1-27-19-21-17(14-9-5-6-10-22(14)19)18(25)26-12-16(24)20-15(23)11-13-7-3-2-4-8-13/h2-10H,11-12H2,1H3,(H,20,23,24). The van der Waals surface area contributed by atoms with E-state index in [2.05, 4.69) is 10.3 Å². The molecule has 138 valence electrons. The molecule has 0 aliphatic heterocycles. The van der Waals surface area contributed by atoms with Crippen LogP contribution in [0, 0.1) is 0 Å². The Morgan fingerprint density at radius 2 is 1.81 bits per heavy atom. The fraction of sp³-hybridized carbons (Fsp3) is 0.158. The number of hydrogen-bond acceptors (Lipinski definition) is 6. The number of hydrogen-bond donors (Lipinski definition) is 1. The smallest absolute Gasteiger partial charge is 0.359 e. The summed E-state index contributed by atoms with van der Waals surface area (Å²) in [4.78, 5) is 40.3. The van der Waals surface area contributed by atoms with Crippen LogP contribution in [0.25, 0.3) is 5.52 Å². The quantitative estimate of drug-likeness (QED) is 0.518. The molecule has 0 saturated heterocycles. The van der Waals surface area contributed by atoms with Gasteiger partial charge >= 0.3 is 5.97 Å². The Balaban J connectivity index is 1.57. The Labute approximate surface area is 159 Å². The van der Waals surface area contributed by atoms with Gasteiger partial charge in [0.15, 0.2) is 17.5 Å². The van der Waals surface area contributed by atoms with Crippen molar-refractivity contribution in [1.29, 1.82) is 0 Å². The van der Waals surface area contributed by atoms with Crippen molar-refractivity contribution in [3.63, 3.8) is 0 Å². The molecule has 3 rings (SSSR count). The highest BCUT2D eigenvalue weighted by Crippen LogP contribution is 2.20. The van der Waals surface area contributed by atoms with Gasteiger partial charge < -0.3 is 4.74 Å². The van der Waals surface area contributed by atoms with E-state index in [0.717, 1.165) is 5.56 Å². The number of thioether (sulfide) groups is 1. The van der Waals surface area contributed by atoms with Gasteiger partial charge in [0.2, 0.25) is 5.91 Å². The van der Waals surface area contributed by atoms with Gasteiger partial charge in [-0.25, -0.2) is 9.78 Å². The number of aromatic nitrogens is 2. The van der Waals surface area contributed by atoms with Crippen molar-refractivity contribution < 1.29 is 19.1 Å². The van der Waals surface area contributed by atoms with Crippen LogP contribution in [0.2, 0.25) is 0 Å². The van der Waals surface area contributed by atoms with Gasteiger partial charge in [-0.2, -0.15) is 0 Å². The van der Waals surface area contributed by atoms with E-state index in [-0.39, 0.29) is 12.1 Å². The fourth-order valence-corrected chi connectivity index (χ4v) is 3.06. The zero-order chi connectivity index (χ0) is 19.2. The maximum Gasteiger partial charge on any atom is 0.359 e. The number of rotatable bonds is 6. The number of amides is 2. The fourth-order valence-electron chi connectivity index (χ4n) is 2.52. The molecule has 0 unspecified atom stereocenters. The second kappa shape index (κ2) is 8.50. The summed E-state index contributed by atoms with van der Waals surface area (Å²) in [6, 6.07) is 14.4. The first-order valence-corrected chi connectivity index (χ1v) is 9.35. The molecule has 2 amide bonds. The number of nitrogens with one attached hydrogen (secondary N) is 1. The normalized spacial score (nSPS) is 10.6. The van der Waals surface area contributed by atoms with Crippen molar-refractivity contribution in [1.82, 2.24) is 14.7 Å². The van der Waals surface area contributed by atoms with Crippen LogP contribution in [0.1, 0.15) is 16.1 Å². The number of ether oxygens (including phenoxy) is 1. The Bertz CT molecular complexity index is 985. The van der Waals surface area contributed by atoms with Crippen molar-refractivity contribution in [2.75, 3.05) is 12.9 Å². The zero-order valence-electron chi connectivity index (χ0n) is 14.5. The summed E-state index contributed by atoms with van der Waals surface area (Å²) in [6.45, 7) is -0.556. The maximum atomic E-state index is 12.3. The second-order valence-electron chi connectivity index (χ2n) is 5.61. The lowest BCUT2D eigenvalue weighted by Gasteiger charge is -2.05. The summed E-state index contributed by atoms with van der Waals surface area (Å²) in [5, 5.41) is 2.84. The largest absolute Gasteiger partial charge is 0.451 e. The van der Waals surface area contributed by atoms with Crippen LogP contribution in [0.3, 0.4) is 0 Å². The first-order chi connectivity index (χ1) is 13.1. The second-order valence-corrected chi connectivity index (χ2v) is 6.39. The van der Waals surface area contributed by atoms with Crippen molar-refractivity contribution >= 4 is 35.1 Å². The molecule has 8 heteroatoms. The van der Waals surface area contributed by atoms with E-state index in [0.29, 0.717) is 10.7 Å². The lowest BCUT2D eigenvalue weighted by Crippen LogP contribution is -2.35. The monoisotopic (exact) mass is 383 g/mol. The lowest BCUT2D eigenvalue weighted by atomic mass is 10.1. The van der Waals surface area contributed by atoms with Gasteiger partial charge in [0.1, 0.15) is 0 Å². The van der Waals surface area contributed by atoms with E-state index in [1.54, 1.807) is 34.9 Å². The summed E-state index contributed by atoms with van der Waals surface area (Å²) in [5.41, 5.74) is 1.50. The van der Waals surface area contributed by atoms with Crippen molar-refractivity contribution in [3.05, 3.63) is 66.0 Å². The first-order valence-electron chi connectivity index (χ1n) is 8.13. The van der Waals surface area contributed by atoms with Crippen molar-refractivity contribution in [2.24, 2.45) is 0 Å². The molecule has 2 heterocycles. The number of carbonyl (C=O) groups is 3. The SMILES string of the molecule is CSc1nc(C(=O)OCC(=O)NC(=O)Cc2ccccc2)c2ccccn12. The van der Waals surface area contributed by atoms with E-state index >= 15 is 0 Å². The third-order valence-corrected chi connectivity index (χ3v) is 4.37. The van der Waals surface area contributed by atoms with E-state index in [4.69, 9.17) is 4.74 Å². The molecule has 2 aromatic heterocycles. The molecule has 0 saturated carbocycles. The van der Waals surface area contributed by atoms with Crippen molar-refractivity contribution in [3.8, 4) is 0 Å². The molecule has 3 aromatic rings. The number of imidazole rings is 1. The topological polar surface area (TPSA) is 89.8 Å². The van der Waals surface area contributed by atoms with Crippen molar-refractivity contribution in [2.45, 2.75) is 11.6 Å². The number of pyridine rings is 1. The average Bonchev–Trinajstić information content (AvgIpc) is 3.06. The van der Waals surface area contributed by atoms with E-state index in [1.165, 1.54) is 11.8 Å². The van der Waals surface area contributed by atoms with E-state index in [9.17, 15) is 14.4 Å². The van der Waals surface area contributed by atoms with Crippen LogP contribution in [0.4, 0.5) is 0 Å². The third-order valence-electron chi connectivity index (χ3n) is 3.71. The molecule has 0 atom stereocenters. The van der Waals surface area contributed by atoms with Crippen LogP contribution in [-0.2, 0) is 20.7 Å². The Kier molecular flexibility index (Phi) is 5.87. The number of fused-ring (bicyclic) bond motifs is 1. The Morgan fingerprint density at radius 1 is 1.07 bits per heavy atom. The van der Waals surface area contributed by atoms with E-state index in [1.807, 2.05) is 30.5 Å². The van der Waals surface area contributed by atoms with Crippen LogP contribution >= 0.6 is 11.8 Å². The predicted molar refractivity (Wildman–Crippen MR) is 101 cm³/mol. The number of carbonyl (C=O) groups excluding carboxylic acids is 3. The van der Waals surface area contributed by atoms with Crippen LogP contribution in [0.5, 0.6) is 0 Å². The molecular formula is C19H17N3O4S. The molecule has 0 radical (unpaired) electrons. The lowest BCUT2D eigenvalue weighted by molar-refractivity contribution is -0.132. The van der Waals surface area contributed by atoms with Crippen LogP contribution in [-0.4, -0.2) is 40.0 Å². The first kappa shape index (κ1) is 18.7. The summed E-state index contributed by atoms with van der Waals surface area (Å²) in [5.74, 6) is -1.86. The predicted octanol–water partition coefficient (Wildman–Crippen LogP) is 2.10. The Hall–Kier alpha value is -3.13. The molecule has 1 aromatic carbocycles. The number of nitrogens with zero attached hydrogens (tertiary/aromatic N) is 2. The molecule has 0 aliphatic carbocycles. The van der Waals surface area contributed by atoms with Gasteiger partial charge in [-0.05, 0) is 24.0 Å². The van der Waals surface area contributed by atoms with Gasteiger partial charge in [0.05, 0.1) is 11.9 Å². The highest BCUT2D eigenvalue weighted by Gasteiger charge is 2.19. The van der Waals surface area contributed by atoms with Gasteiger partial charge in [0, 0.05) is 6.20 Å². The van der Waals surface area contributed by atoms with Gasteiger partial charge in [-0.1, -0.05) is 48.2 Å². The van der Waals surface area contributed by atoms with Crippen LogP contribution < -0.4 is 5.32 Å². The van der Waals surface area contributed by atoms with Gasteiger partial charge in [-0.15, -0.1) is 0 Å². The van der Waals surface area contributed by atoms with Gasteiger partial charge in [0.25, 0.3) is 5.91 Å². The maximum absolute atomic E-state index is 12.3. The molecule has 0 fully saturated rings. The van der Waals surface area contributed by atoms with E-state index < -0.39 is 24.4 Å². The number of imide groups is 1. The molecular weight excluding hydrogens is 366 g/mol. The molecule has 1 N–H and O–H groups in total. The van der Waals surface area contributed by atoms with Gasteiger partial charge in [-0.3, -0.25) is 19.3 Å². The highest BCUT2D eigenvalue weighted by molar-refractivity contribution is 7.98. The minimum absolute atomic E-state index is 0.0727. The summed E-state index contributed by atoms with van der Waals surface area (Å²) in [6.07, 6.45) is 3.71. The highest BCUT2D eigenvalue weighted by atomic mass is 32.2. The molecule has 27 heavy (non-hydrogen) atoms. The molecule has 0 spiro atoms. The average molecular weight is 383 g/mol. The minimum atomic E-state index is -0.718.